The molecular formula is C10H12ClF3N2. The Bertz CT molecular complexity index is 327. The van der Waals surface area contributed by atoms with Gasteiger partial charge in [-0.05, 0) is 12.1 Å². The minimum Gasteiger partial charge on any atom is -0.329 e. The standard InChI is InChI=1S/C10H12ClF3N2/c11-6-2-1-3-7(12)10(6)8(4-15)16-5-9(13)14/h1-3,8-9,16H,4-5,15H2. The molecule has 1 rings (SSSR count). The molecule has 0 aliphatic heterocycles. The maximum absolute atomic E-state index is 13.4. The van der Waals surface area contributed by atoms with E-state index in [9.17, 15) is 13.2 Å². The van der Waals surface area contributed by atoms with Crippen molar-refractivity contribution in [2.45, 2.75) is 12.5 Å². The number of hydrogen-bond donors (Lipinski definition) is 2. The zero-order valence-electron chi connectivity index (χ0n) is 8.39. The second-order valence-electron chi connectivity index (χ2n) is 3.22. The number of rotatable bonds is 5. The van der Waals surface area contributed by atoms with Gasteiger partial charge in [0, 0.05) is 23.2 Å². The van der Waals surface area contributed by atoms with E-state index in [4.69, 9.17) is 17.3 Å². The van der Waals surface area contributed by atoms with Gasteiger partial charge in [-0.15, -0.1) is 0 Å². The zero-order valence-corrected chi connectivity index (χ0v) is 9.15. The molecule has 2 nitrogen and oxygen atoms in total. The van der Waals surface area contributed by atoms with Crippen molar-refractivity contribution in [1.29, 1.82) is 0 Å². The van der Waals surface area contributed by atoms with Crippen LogP contribution in [0.15, 0.2) is 18.2 Å². The molecule has 0 bridgehead atoms. The van der Waals surface area contributed by atoms with Gasteiger partial charge in [0.1, 0.15) is 5.82 Å². The molecule has 0 aliphatic carbocycles. The van der Waals surface area contributed by atoms with Crippen LogP contribution in [-0.4, -0.2) is 19.5 Å². The molecule has 1 atom stereocenters. The molecule has 90 valence electrons. The molecule has 1 unspecified atom stereocenters. The molecule has 16 heavy (non-hydrogen) atoms. The predicted molar refractivity (Wildman–Crippen MR) is 57.2 cm³/mol. The Morgan fingerprint density at radius 3 is 2.56 bits per heavy atom. The topological polar surface area (TPSA) is 38.0 Å². The summed E-state index contributed by atoms with van der Waals surface area (Å²) >= 11 is 5.80. The number of hydrogen-bond acceptors (Lipinski definition) is 2. The molecule has 0 aromatic heterocycles. The molecule has 0 amide bonds. The molecular weight excluding hydrogens is 241 g/mol. The fourth-order valence-corrected chi connectivity index (χ4v) is 1.67. The van der Waals surface area contributed by atoms with Crippen LogP contribution < -0.4 is 11.1 Å². The Balaban J connectivity index is 2.86. The van der Waals surface area contributed by atoms with Gasteiger partial charge in [-0.2, -0.15) is 0 Å². The number of alkyl halides is 2. The second kappa shape index (κ2) is 6.08. The van der Waals surface area contributed by atoms with Gasteiger partial charge in [-0.1, -0.05) is 17.7 Å². The molecule has 1 aromatic rings. The van der Waals surface area contributed by atoms with Gasteiger partial charge in [0.2, 0.25) is 0 Å². The molecule has 0 spiro atoms. The van der Waals surface area contributed by atoms with E-state index in [0.717, 1.165) is 0 Å². The third kappa shape index (κ3) is 3.37. The van der Waals surface area contributed by atoms with Crippen molar-refractivity contribution in [2.75, 3.05) is 13.1 Å². The number of nitrogens with one attached hydrogen (secondary N) is 1. The SMILES string of the molecule is NCC(NCC(F)F)c1c(F)cccc1Cl. The fourth-order valence-electron chi connectivity index (χ4n) is 1.38. The molecule has 0 heterocycles. The summed E-state index contributed by atoms with van der Waals surface area (Å²) < 4.78 is 37.5. The Labute approximate surface area is 96.6 Å². The summed E-state index contributed by atoms with van der Waals surface area (Å²) in [4.78, 5) is 0. The first kappa shape index (κ1) is 13.3. The van der Waals surface area contributed by atoms with E-state index in [1.54, 1.807) is 0 Å². The van der Waals surface area contributed by atoms with E-state index in [1.165, 1.54) is 18.2 Å². The van der Waals surface area contributed by atoms with Gasteiger partial charge in [0.25, 0.3) is 6.43 Å². The van der Waals surface area contributed by atoms with Crippen LogP contribution in [0.2, 0.25) is 5.02 Å². The average molecular weight is 253 g/mol. The summed E-state index contributed by atoms with van der Waals surface area (Å²) in [5.74, 6) is -0.551. The zero-order chi connectivity index (χ0) is 12.1. The number of benzene rings is 1. The average Bonchev–Trinajstić information content (AvgIpc) is 2.22. The third-order valence-electron chi connectivity index (χ3n) is 2.10. The summed E-state index contributed by atoms with van der Waals surface area (Å²) in [5.41, 5.74) is 5.53. The summed E-state index contributed by atoms with van der Waals surface area (Å²) in [6, 6.07) is 3.45. The van der Waals surface area contributed by atoms with Crippen molar-refractivity contribution >= 4 is 11.6 Å². The molecule has 1 aromatic carbocycles. The van der Waals surface area contributed by atoms with E-state index in [-0.39, 0.29) is 17.1 Å². The van der Waals surface area contributed by atoms with E-state index in [1.807, 2.05) is 0 Å². The quantitative estimate of drug-likeness (QED) is 0.844. The van der Waals surface area contributed by atoms with Gasteiger partial charge in [0.15, 0.2) is 0 Å². The largest absolute Gasteiger partial charge is 0.329 e. The van der Waals surface area contributed by atoms with Crippen LogP contribution in [0.4, 0.5) is 13.2 Å². The minimum absolute atomic E-state index is 0.00657. The van der Waals surface area contributed by atoms with E-state index in [2.05, 4.69) is 5.32 Å². The van der Waals surface area contributed by atoms with Crippen LogP contribution in [0.3, 0.4) is 0 Å². The lowest BCUT2D eigenvalue weighted by atomic mass is 10.1. The highest BCUT2D eigenvalue weighted by Gasteiger charge is 2.18. The van der Waals surface area contributed by atoms with Gasteiger partial charge >= 0.3 is 0 Å². The number of nitrogens with two attached hydrogens (primary N) is 1. The van der Waals surface area contributed by atoms with Crippen LogP contribution in [0.25, 0.3) is 0 Å². The van der Waals surface area contributed by atoms with Crippen molar-refractivity contribution in [3.63, 3.8) is 0 Å². The smallest absolute Gasteiger partial charge is 0.250 e. The second-order valence-corrected chi connectivity index (χ2v) is 3.63. The summed E-state index contributed by atoms with van der Waals surface area (Å²) in [5, 5.41) is 2.65. The molecule has 6 heteroatoms. The molecule has 0 fully saturated rings. The van der Waals surface area contributed by atoms with Crippen molar-refractivity contribution in [2.24, 2.45) is 5.73 Å². The van der Waals surface area contributed by atoms with Crippen molar-refractivity contribution in [3.05, 3.63) is 34.6 Å². The van der Waals surface area contributed by atoms with Crippen LogP contribution in [0, 0.1) is 5.82 Å². The van der Waals surface area contributed by atoms with E-state index < -0.39 is 24.8 Å². The van der Waals surface area contributed by atoms with Crippen molar-refractivity contribution < 1.29 is 13.2 Å². The predicted octanol–water partition coefficient (Wildman–Crippen LogP) is 2.33. The van der Waals surface area contributed by atoms with Crippen LogP contribution in [0.1, 0.15) is 11.6 Å². The third-order valence-corrected chi connectivity index (χ3v) is 2.43. The summed E-state index contributed by atoms with van der Waals surface area (Å²) in [7, 11) is 0. The Kier molecular flexibility index (Phi) is 5.05. The van der Waals surface area contributed by atoms with Crippen LogP contribution in [0.5, 0.6) is 0 Å². The molecule has 0 saturated carbocycles. The van der Waals surface area contributed by atoms with Gasteiger partial charge in [0.05, 0.1) is 6.54 Å². The van der Waals surface area contributed by atoms with Gasteiger partial charge < -0.3 is 11.1 Å². The first-order valence-corrected chi connectivity index (χ1v) is 5.09. The lowest BCUT2D eigenvalue weighted by molar-refractivity contribution is 0.141. The molecule has 0 aliphatic rings. The van der Waals surface area contributed by atoms with Gasteiger partial charge in [-0.25, -0.2) is 13.2 Å². The van der Waals surface area contributed by atoms with E-state index >= 15 is 0 Å². The molecule has 0 radical (unpaired) electrons. The van der Waals surface area contributed by atoms with Crippen molar-refractivity contribution in [1.82, 2.24) is 5.32 Å². The highest BCUT2D eigenvalue weighted by Crippen LogP contribution is 2.25. The first-order valence-electron chi connectivity index (χ1n) is 4.71. The Morgan fingerprint density at radius 2 is 2.06 bits per heavy atom. The Hall–Kier alpha value is -0.780. The fraction of sp³-hybridized carbons (Fsp3) is 0.400. The van der Waals surface area contributed by atoms with Crippen molar-refractivity contribution in [3.8, 4) is 0 Å². The minimum atomic E-state index is -2.51. The van der Waals surface area contributed by atoms with Crippen LogP contribution >= 0.6 is 11.6 Å². The maximum atomic E-state index is 13.4. The summed E-state index contributed by atoms with van der Waals surface area (Å²) in [6.07, 6.45) is -2.51. The van der Waals surface area contributed by atoms with E-state index in [0.29, 0.717) is 0 Å². The lowest BCUT2D eigenvalue weighted by Crippen LogP contribution is -2.32. The number of halogens is 4. The highest BCUT2D eigenvalue weighted by molar-refractivity contribution is 6.31. The molecule has 0 saturated heterocycles. The highest BCUT2D eigenvalue weighted by atomic mass is 35.5. The van der Waals surface area contributed by atoms with Gasteiger partial charge in [-0.3, -0.25) is 0 Å². The maximum Gasteiger partial charge on any atom is 0.250 e. The Morgan fingerprint density at radius 1 is 1.38 bits per heavy atom. The van der Waals surface area contributed by atoms with Crippen LogP contribution in [-0.2, 0) is 0 Å². The molecule has 3 N–H and O–H groups in total. The summed E-state index contributed by atoms with van der Waals surface area (Å²) in [6.45, 7) is -0.556. The monoisotopic (exact) mass is 252 g/mol. The lowest BCUT2D eigenvalue weighted by Gasteiger charge is -2.18. The normalized spacial score (nSPS) is 13.1. The first-order chi connectivity index (χ1) is 7.56.